The number of rotatable bonds is 11. The predicted octanol–water partition coefficient (Wildman–Crippen LogP) is 6.04. The predicted molar refractivity (Wildman–Crippen MR) is 158 cm³/mol. The van der Waals surface area contributed by atoms with Crippen LogP contribution >= 0.6 is 23.1 Å². The molecule has 1 N–H and O–H groups in total. The molecule has 210 valence electrons. The summed E-state index contributed by atoms with van der Waals surface area (Å²) in [6, 6.07) is 17.4. The lowest BCUT2D eigenvalue weighted by molar-refractivity contribution is -0.132. The van der Waals surface area contributed by atoms with Crippen LogP contribution in [-0.2, 0) is 15.3 Å². The van der Waals surface area contributed by atoms with Crippen LogP contribution in [-0.4, -0.2) is 45.2 Å². The Kier molecular flexibility index (Phi) is 8.95. The number of ketones is 1. The molecule has 11 heteroatoms. The van der Waals surface area contributed by atoms with Crippen molar-refractivity contribution in [3.63, 3.8) is 0 Å². The van der Waals surface area contributed by atoms with E-state index in [1.54, 1.807) is 30.3 Å². The van der Waals surface area contributed by atoms with E-state index in [0.29, 0.717) is 45.9 Å². The van der Waals surface area contributed by atoms with Gasteiger partial charge in [-0.05, 0) is 48.7 Å². The van der Waals surface area contributed by atoms with Gasteiger partial charge in [0.15, 0.2) is 15.8 Å². The van der Waals surface area contributed by atoms with Crippen molar-refractivity contribution in [1.82, 2.24) is 15.2 Å². The summed E-state index contributed by atoms with van der Waals surface area (Å²) in [6.45, 7) is 4.77. The molecular weight excluding hydrogens is 560 g/mol. The number of thioether (sulfide) groups is 1. The Morgan fingerprint density at radius 1 is 1.00 bits per heavy atom. The van der Waals surface area contributed by atoms with E-state index in [-0.39, 0.29) is 16.5 Å². The Bertz CT molecular complexity index is 1560. The van der Waals surface area contributed by atoms with Crippen molar-refractivity contribution in [2.75, 3.05) is 18.1 Å². The van der Waals surface area contributed by atoms with Crippen molar-refractivity contribution in [2.45, 2.75) is 36.4 Å². The second kappa shape index (κ2) is 13.0. The summed E-state index contributed by atoms with van der Waals surface area (Å²) in [5.74, 6) is -0.210. The molecule has 1 unspecified atom stereocenters. The number of hydrogen-bond acceptors (Lipinski definition) is 10. The average molecular weight is 589 g/mol. The molecule has 0 radical (unpaired) electrons. The number of pyridine rings is 1. The van der Waals surface area contributed by atoms with Gasteiger partial charge in [0.2, 0.25) is 5.13 Å². The summed E-state index contributed by atoms with van der Waals surface area (Å²) in [4.78, 5) is 32.3. The Balaban J connectivity index is 1.58. The molecule has 2 aromatic carbocycles. The molecule has 0 saturated carbocycles. The lowest BCUT2D eigenvalue weighted by Crippen LogP contribution is -2.29. The first-order valence-corrected chi connectivity index (χ1v) is 14.9. The topological polar surface area (TPSA) is 115 Å². The number of anilines is 1. The Morgan fingerprint density at radius 2 is 1.78 bits per heavy atom. The maximum atomic E-state index is 13.5. The maximum Gasteiger partial charge on any atom is 0.301 e. The molecule has 0 aliphatic carbocycles. The first kappa shape index (κ1) is 28.3. The van der Waals surface area contributed by atoms with Gasteiger partial charge in [-0.3, -0.25) is 19.5 Å². The van der Waals surface area contributed by atoms with Crippen LogP contribution in [0.1, 0.15) is 43.0 Å². The van der Waals surface area contributed by atoms with E-state index >= 15 is 0 Å². The summed E-state index contributed by atoms with van der Waals surface area (Å²) < 4.78 is 12.4. The van der Waals surface area contributed by atoms with E-state index in [1.165, 1.54) is 40.4 Å². The fourth-order valence-corrected chi connectivity index (χ4v) is 6.21. The molecule has 2 aromatic heterocycles. The number of Topliss-reactive ketones (excluding diaryl/α,β-unsaturated/α-hetero) is 1. The molecule has 1 atom stereocenters. The maximum absolute atomic E-state index is 13.5. The Labute approximate surface area is 245 Å². The zero-order valence-electron chi connectivity index (χ0n) is 22.5. The second-order valence-corrected chi connectivity index (χ2v) is 11.2. The van der Waals surface area contributed by atoms with Gasteiger partial charge in [-0.2, -0.15) is 0 Å². The average Bonchev–Trinajstić information content (AvgIpc) is 3.58. The third kappa shape index (κ3) is 6.10. The highest BCUT2D eigenvalue weighted by Crippen LogP contribution is 2.45. The number of benzene rings is 2. The minimum absolute atomic E-state index is 0.0560. The van der Waals surface area contributed by atoms with Crippen molar-refractivity contribution in [3.05, 3.63) is 95.3 Å². The molecule has 9 nitrogen and oxygen atoms in total. The first-order valence-electron chi connectivity index (χ1n) is 13.1. The van der Waals surface area contributed by atoms with Crippen molar-refractivity contribution in [2.24, 2.45) is 0 Å². The summed E-state index contributed by atoms with van der Waals surface area (Å²) in [5.41, 5.74) is 1.99. The molecule has 5 rings (SSSR count). The van der Waals surface area contributed by atoms with Crippen LogP contribution in [0.15, 0.2) is 83.0 Å². The lowest BCUT2D eigenvalue weighted by Gasteiger charge is -2.23. The quantitative estimate of drug-likeness (QED) is 0.0736. The molecule has 1 aliphatic rings. The molecule has 3 heterocycles. The van der Waals surface area contributed by atoms with Crippen LogP contribution in [0.2, 0.25) is 0 Å². The van der Waals surface area contributed by atoms with Crippen LogP contribution in [0.25, 0.3) is 5.76 Å². The molecule has 1 amide bonds. The fourth-order valence-electron chi connectivity index (χ4n) is 4.38. The number of ether oxygens (including phenoxy) is 2. The Hall–Kier alpha value is -4.22. The van der Waals surface area contributed by atoms with Gasteiger partial charge in [-0.15, -0.1) is 10.2 Å². The SMILES string of the molecule is CCCOc1ccc(C2/C(=C(\O)c3ccncc3)C(=O)C(=O)N2c2nnc(SCc3ccccc3)s2)cc1OCC. The van der Waals surface area contributed by atoms with Crippen molar-refractivity contribution in [1.29, 1.82) is 0 Å². The third-order valence-electron chi connectivity index (χ3n) is 6.25. The normalized spacial score (nSPS) is 16.2. The molecular formula is C30H28N4O5S2. The molecule has 1 aliphatic heterocycles. The number of carbonyl (C=O) groups excluding carboxylic acids is 2. The van der Waals surface area contributed by atoms with Gasteiger partial charge in [0.05, 0.1) is 24.8 Å². The van der Waals surface area contributed by atoms with Crippen LogP contribution in [0.4, 0.5) is 5.13 Å². The number of nitrogens with zero attached hydrogens (tertiary/aromatic N) is 4. The van der Waals surface area contributed by atoms with Crippen molar-refractivity contribution < 1.29 is 24.2 Å². The zero-order chi connectivity index (χ0) is 28.8. The highest BCUT2D eigenvalue weighted by molar-refractivity contribution is 8.00. The zero-order valence-corrected chi connectivity index (χ0v) is 24.2. The van der Waals surface area contributed by atoms with Crippen LogP contribution in [0.3, 0.4) is 0 Å². The number of amides is 1. The molecule has 0 bridgehead atoms. The highest BCUT2D eigenvalue weighted by atomic mass is 32.2. The largest absolute Gasteiger partial charge is 0.507 e. The number of hydrogen-bond donors (Lipinski definition) is 1. The number of carbonyl (C=O) groups is 2. The standard InChI is InChI=1S/C30H28N4O5S2/c1-3-16-39-22-11-10-21(17-23(22)38-4-2)25-24(26(35)20-12-14-31-15-13-20)27(36)28(37)34(25)29-32-33-30(41-29)40-18-19-8-6-5-7-9-19/h5-15,17,25,35H,3-4,16,18H2,1-2H3/b26-24+. The summed E-state index contributed by atoms with van der Waals surface area (Å²) >= 11 is 2.71. The van der Waals surface area contributed by atoms with Gasteiger partial charge < -0.3 is 14.6 Å². The summed E-state index contributed by atoms with van der Waals surface area (Å²) in [7, 11) is 0. The molecule has 41 heavy (non-hydrogen) atoms. The van der Waals surface area contributed by atoms with Crippen LogP contribution < -0.4 is 14.4 Å². The van der Waals surface area contributed by atoms with Crippen molar-refractivity contribution >= 4 is 45.7 Å². The van der Waals surface area contributed by atoms with E-state index in [0.717, 1.165) is 12.0 Å². The van der Waals surface area contributed by atoms with Crippen molar-refractivity contribution in [3.8, 4) is 11.5 Å². The van der Waals surface area contributed by atoms with Crippen LogP contribution in [0.5, 0.6) is 11.5 Å². The molecule has 1 saturated heterocycles. The number of aromatic nitrogens is 3. The third-order valence-corrected chi connectivity index (χ3v) is 8.38. The van der Waals surface area contributed by atoms with Gasteiger partial charge in [-0.1, -0.05) is 66.4 Å². The molecule has 1 fully saturated rings. The fraction of sp³-hybridized carbons (Fsp3) is 0.233. The summed E-state index contributed by atoms with van der Waals surface area (Å²) in [6.07, 6.45) is 3.84. The number of aliphatic hydroxyl groups is 1. The molecule has 0 spiro atoms. The van der Waals surface area contributed by atoms with E-state index in [4.69, 9.17) is 9.47 Å². The van der Waals surface area contributed by atoms with Crippen LogP contribution in [0, 0.1) is 0 Å². The second-order valence-electron chi connectivity index (χ2n) is 9.02. The monoisotopic (exact) mass is 588 g/mol. The van der Waals surface area contributed by atoms with Gasteiger partial charge in [0.25, 0.3) is 5.78 Å². The van der Waals surface area contributed by atoms with Gasteiger partial charge in [0, 0.05) is 23.7 Å². The summed E-state index contributed by atoms with van der Waals surface area (Å²) in [5, 5.41) is 20.1. The van der Waals surface area contributed by atoms with Gasteiger partial charge in [0.1, 0.15) is 5.76 Å². The van der Waals surface area contributed by atoms with E-state index in [9.17, 15) is 14.7 Å². The molecule has 4 aromatic rings. The highest BCUT2D eigenvalue weighted by Gasteiger charge is 2.48. The van der Waals surface area contributed by atoms with E-state index < -0.39 is 17.7 Å². The minimum Gasteiger partial charge on any atom is -0.507 e. The first-order chi connectivity index (χ1) is 20.0. The number of aliphatic hydroxyl groups excluding tert-OH is 1. The van der Waals surface area contributed by atoms with E-state index in [2.05, 4.69) is 15.2 Å². The minimum atomic E-state index is -0.970. The van der Waals surface area contributed by atoms with E-state index in [1.807, 2.05) is 44.2 Å². The smallest absolute Gasteiger partial charge is 0.301 e. The van der Waals surface area contributed by atoms with Gasteiger partial charge in [-0.25, -0.2) is 0 Å². The Morgan fingerprint density at radius 3 is 2.51 bits per heavy atom. The lowest BCUT2D eigenvalue weighted by atomic mass is 9.95. The van der Waals surface area contributed by atoms with Gasteiger partial charge >= 0.3 is 5.91 Å².